The molecule has 0 radical (unpaired) electrons. The Labute approximate surface area is 169 Å². The lowest BCUT2D eigenvalue weighted by molar-refractivity contribution is -0.116. The van der Waals surface area contributed by atoms with Gasteiger partial charge in [0.15, 0.2) is 0 Å². The van der Waals surface area contributed by atoms with Crippen LogP contribution < -0.4 is 15.5 Å². The molecule has 6 nitrogen and oxygen atoms in total. The van der Waals surface area contributed by atoms with E-state index in [0.717, 1.165) is 69.8 Å². The van der Waals surface area contributed by atoms with Gasteiger partial charge in [-0.15, -0.1) is 0 Å². The second kappa shape index (κ2) is 12.3. The maximum atomic E-state index is 12.1. The van der Waals surface area contributed by atoms with Gasteiger partial charge >= 0.3 is 6.03 Å². The molecule has 1 aromatic rings. The summed E-state index contributed by atoms with van der Waals surface area (Å²) in [6.07, 6.45) is 7.14. The molecular weight excluding hydrogens is 352 g/mol. The summed E-state index contributed by atoms with van der Waals surface area (Å²) >= 11 is 0. The third-order valence-electron chi connectivity index (χ3n) is 5.15. The molecule has 1 fully saturated rings. The molecule has 0 spiro atoms. The lowest BCUT2D eigenvalue weighted by Gasteiger charge is -2.36. The van der Waals surface area contributed by atoms with Crippen molar-refractivity contribution in [3.05, 3.63) is 24.3 Å². The number of anilines is 2. The van der Waals surface area contributed by atoms with E-state index >= 15 is 0 Å². The number of hydrogen-bond acceptors (Lipinski definition) is 3. The summed E-state index contributed by atoms with van der Waals surface area (Å²) in [6.45, 7) is 8.15. The van der Waals surface area contributed by atoms with Crippen LogP contribution in [0.3, 0.4) is 0 Å². The van der Waals surface area contributed by atoms with E-state index in [-0.39, 0.29) is 11.9 Å². The van der Waals surface area contributed by atoms with Gasteiger partial charge in [-0.1, -0.05) is 39.5 Å². The quantitative estimate of drug-likeness (QED) is 0.590. The number of benzene rings is 1. The van der Waals surface area contributed by atoms with E-state index in [0.29, 0.717) is 6.42 Å². The van der Waals surface area contributed by atoms with E-state index in [1.54, 1.807) is 0 Å². The summed E-state index contributed by atoms with van der Waals surface area (Å²) in [5, 5.41) is 5.96. The van der Waals surface area contributed by atoms with Gasteiger partial charge in [0.2, 0.25) is 5.91 Å². The van der Waals surface area contributed by atoms with Gasteiger partial charge in [-0.2, -0.15) is 0 Å². The largest absolute Gasteiger partial charge is 0.368 e. The molecule has 1 saturated heterocycles. The highest BCUT2D eigenvalue weighted by atomic mass is 16.2. The minimum atomic E-state index is 0.0464. The molecule has 1 aromatic carbocycles. The average Bonchev–Trinajstić information content (AvgIpc) is 2.72. The van der Waals surface area contributed by atoms with Crippen LogP contribution in [0.5, 0.6) is 0 Å². The van der Waals surface area contributed by atoms with Crippen LogP contribution in [-0.4, -0.2) is 49.6 Å². The van der Waals surface area contributed by atoms with Gasteiger partial charge in [0.1, 0.15) is 0 Å². The van der Waals surface area contributed by atoms with Crippen LogP contribution in [0.25, 0.3) is 0 Å². The highest BCUT2D eigenvalue weighted by molar-refractivity contribution is 5.90. The van der Waals surface area contributed by atoms with Crippen molar-refractivity contribution in [1.29, 1.82) is 0 Å². The van der Waals surface area contributed by atoms with Crippen LogP contribution in [0.4, 0.5) is 16.2 Å². The Kier molecular flexibility index (Phi) is 9.66. The van der Waals surface area contributed by atoms with Crippen LogP contribution in [0.2, 0.25) is 0 Å². The highest BCUT2D eigenvalue weighted by Crippen LogP contribution is 2.20. The monoisotopic (exact) mass is 388 g/mol. The summed E-state index contributed by atoms with van der Waals surface area (Å²) in [7, 11) is 0. The van der Waals surface area contributed by atoms with E-state index in [4.69, 9.17) is 0 Å². The second-order valence-electron chi connectivity index (χ2n) is 7.47. The fraction of sp³-hybridized carbons (Fsp3) is 0.636. The lowest BCUT2D eigenvalue weighted by atomic mass is 10.1. The molecule has 2 rings (SSSR count). The minimum absolute atomic E-state index is 0.0464. The van der Waals surface area contributed by atoms with Crippen molar-refractivity contribution >= 4 is 23.3 Å². The third-order valence-corrected chi connectivity index (χ3v) is 5.15. The number of amides is 3. The predicted octanol–water partition coefficient (Wildman–Crippen LogP) is 4.23. The van der Waals surface area contributed by atoms with Gasteiger partial charge < -0.3 is 20.4 Å². The third kappa shape index (κ3) is 7.41. The standard InChI is InChI=1S/C22H36N4O2/c1-3-5-7-8-9-21(27)24-19-10-12-20(13-11-19)25-15-17-26(18-16-25)22(28)23-14-6-4-2/h10-13H,3-9,14-18H2,1-2H3,(H,23,28)(H,24,27). The Morgan fingerprint density at radius 2 is 1.57 bits per heavy atom. The predicted molar refractivity (Wildman–Crippen MR) is 116 cm³/mol. The van der Waals surface area contributed by atoms with E-state index in [2.05, 4.69) is 29.4 Å². The Balaban J connectivity index is 1.73. The zero-order valence-electron chi connectivity index (χ0n) is 17.5. The number of carbonyl (C=O) groups is 2. The highest BCUT2D eigenvalue weighted by Gasteiger charge is 2.20. The molecule has 6 heteroatoms. The number of hydrogen-bond donors (Lipinski definition) is 2. The fourth-order valence-corrected chi connectivity index (χ4v) is 3.34. The smallest absolute Gasteiger partial charge is 0.317 e. The maximum Gasteiger partial charge on any atom is 0.317 e. The number of carbonyl (C=O) groups excluding carboxylic acids is 2. The molecule has 28 heavy (non-hydrogen) atoms. The molecule has 2 N–H and O–H groups in total. The Hall–Kier alpha value is -2.24. The first kappa shape index (κ1) is 22.1. The molecule has 0 aliphatic carbocycles. The topological polar surface area (TPSA) is 64.7 Å². The SMILES string of the molecule is CCCCCCC(=O)Nc1ccc(N2CCN(C(=O)NCCCC)CC2)cc1. The molecule has 0 unspecified atom stereocenters. The number of rotatable bonds is 10. The van der Waals surface area contributed by atoms with Crippen molar-refractivity contribution in [2.75, 3.05) is 42.9 Å². The van der Waals surface area contributed by atoms with Gasteiger partial charge in [-0.3, -0.25) is 4.79 Å². The number of urea groups is 1. The average molecular weight is 389 g/mol. The molecule has 1 aliphatic heterocycles. The molecule has 0 bridgehead atoms. The van der Waals surface area contributed by atoms with Gasteiger partial charge in [-0.25, -0.2) is 4.79 Å². The van der Waals surface area contributed by atoms with Gasteiger partial charge in [0.05, 0.1) is 0 Å². The van der Waals surface area contributed by atoms with Crippen LogP contribution in [0.1, 0.15) is 58.8 Å². The number of piperazine rings is 1. The van der Waals surface area contributed by atoms with Gasteiger partial charge in [-0.05, 0) is 37.1 Å². The molecule has 156 valence electrons. The van der Waals surface area contributed by atoms with Crippen molar-refractivity contribution in [3.63, 3.8) is 0 Å². The summed E-state index contributed by atoms with van der Waals surface area (Å²) in [6, 6.07) is 8.06. The second-order valence-corrected chi connectivity index (χ2v) is 7.47. The van der Waals surface area contributed by atoms with Crippen molar-refractivity contribution in [3.8, 4) is 0 Å². The number of nitrogens with one attached hydrogen (secondary N) is 2. The first-order chi connectivity index (χ1) is 13.6. The van der Waals surface area contributed by atoms with Gasteiger partial charge in [0, 0.05) is 50.5 Å². The maximum absolute atomic E-state index is 12.1. The normalized spacial score (nSPS) is 14.1. The van der Waals surface area contributed by atoms with Crippen LogP contribution in [0.15, 0.2) is 24.3 Å². The van der Waals surface area contributed by atoms with Crippen molar-refractivity contribution < 1.29 is 9.59 Å². The van der Waals surface area contributed by atoms with E-state index in [9.17, 15) is 9.59 Å². The summed E-state index contributed by atoms with van der Waals surface area (Å²) < 4.78 is 0. The minimum Gasteiger partial charge on any atom is -0.368 e. The zero-order valence-corrected chi connectivity index (χ0v) is 17.5. The number of nitrogens with zero attached hydrogens (tertiary/aromatic N) is 2. The summed E-state index contributed by atoms with van der Waals surface area (Å²) in [4.78, 5) is 28.3. The fourth-order valence-electron chi connectivity index (χ4n) is 3.34. The van der Waals surface area contributed by atoms with Crippen molar-refractivity contribution in [2.24, 2.45) is 0 Å². The van der Waals surface area contributed by atoms with E-state index < -0.39 is 0 Å². The number of unbranched alkanes of at least 4 members (excludes halogenated alkanes) is 4. The van der Waals surface area contributed by atoms with E-state index in [1.807, 2.05) is 29.2 Å². The van der Waals surface area contributed by atoms with Crippen molar-refractivity contribution in [2.45, 2.75) is 58.8 Å². The Morgan fingerprint density at radius 3 is 2.21 bits per heavy atom. The first-order valence-corrected chi connectivity index (χ1v) is 10.8. The molecular formula is C22H36N4O2. The molecule has 1 aliphatic rings. The van der Waals surface area contributed by atoms with Crippen LogP contribution >= 0.6 is 0 Å². The zero-order chi connectivity index (χ0) is 20.2. The summed E-state index contributed by atoms with van der Waals surface area (Å²) in [5.74, 6) is 0.0894. The van der Waals surface area contributed by atoms with Gasteiger partial charge in [0.25, 0.3) is 0 Å². The molecule has 0 saturated carbocycles. The Morgan fingerprint density at radius 1 is 0.893 bits per heavy atom. The summed E-state index contributed by atoms with van der Waals surface area (Å²) in [5.41, 5.74) is 1.98. The van der Waals surface area contributed by atoms with Crippen LogP contribution in [0, 0.1) is 0 Å². The van der Waals surface area contributed by atoms with Crippen molar-refractivity contribution in [1.82, 2.24) is 10.2 Å². The first-order valence-electron chi connectivity index (χ1n) is 10.8. The lowest BCUT2D eigenvalue weighted by Crippen LogP contribution is -2.52. The molecule has 3 amide bonds. The van der Waals surface area contributed by atoms with Crippen LogP contribution in [-0.2, 0) is 4.79 Å². The molecule has 0 atom stereocenters. The molecule has 0 aromatic heterocycles. The van der Waals surface area contributed by atoms with E-state index in [1.165, 1.54) is 12.8 Å². The molecule has 1 heterocycles. The Bertz CT molecular complexity index is 595.